The number of anilines is 2. The van der Waals surface area contributed by atoms with Crippen LogP contribution < -0.4 is 10.7 Å². The monoisotopic (exact) mass is 448 g/mol. The number of amides is 1. The molecule has 1 amide bonds. The lowest BCUT2D eigenvalue weighted by molar-refractivity contribution is -0.384. The highest BCUT2D eigenvalue weighted by Gasteiger charge is 2.76. The molecule has 0 aromatic heterocycles. The molecule has 2 aromatic rings. The van der Waals surface area contributed by atoms with E-state index in [-0.39, 0.29) is 17.4 Å². The van der Waals surface area contributed by atoms with Crippen LogP contribution in [0.15, 0.2) is 47.6 Å². The number of carbonyl (C=O) groups is 2. The van der Waals surface area contributed by atoms with E-state index in [4.69, 9.17) is 0 Å². The molecule has 2 aliphatic rings. The molecule has 2 N–H and O–H groups in total. The first kappa shape index (κ1) is 22.6. The van der Waals surface area contributed by atoms with Crippen LogP contribution in [0.1, 0.15) is 44.7 Å². The molecular formula is C25H28N4O4. The van der Waals surface area contributed by atoms with Crippen LogP contribution in [-0.2, 0) is 9.59 Å². The van der Waals surface area contributed by atoms with E-state index in [9.17, 15) is 19.7 Å². The Labute approximate surface area is 192 Å². The molecule has 2 aliphatic carbocycles. The van der Waals surface area contributed by atoms with Gasteiger partial charge in [0.1, 0.15) is 11.1 Å². The lowest BCUT2D eigenvalue weighted by Crippen LogP contribution is -2.47. The predicted molar refractivity (Wildman–Crippen MR) is 127 cm³/mol. The maximum atomic E-state index is 13.7. The van der Waals surface area contributed by atoms with Crippen LogP contribution in [0.3, 0.4) is 0 Å². The van der Waals surface area contributed by atoms with Crippen molar-refractivity contribution in [3.05, 3.63) is 63.7 Å². The summed E-state index contributed by atoms with van der Waals surface area (Å²) in [5, 5.41) is 18.3. The summed E-state index contributed by atoms with van der Waals surface area (Å²) in [6, 6.07) is 11.6. The number of nitrogens with one attached hydrogen (secondary N) is 2. The van der Waals surface area contributed by atoms with Gasteiger partial charge in [-0.2, -0.15) is 5.10 Å². The molecule has 172 valence electrons. The van der Waals surface area contributed by atoms with Crippen LogP contribution in [0, 0.1) is 40.2 Å². The van der Waals surface area contributed by atoms with Crippen LogP contribution in [0.2, 0.25) is 0 Å². The zero-order chi connectivity index (χ0) is 24.2. The topological polar surface area (TPSA) is 114 Å². The molecule has 0 spiro atoms. The van der Waals surface area contributed by atoms with E-state index in [2.05, 4.69) is 15.8 Å². The molecule has 2 fully saturated rings. The number of nitro groups is 1. The summed E-state index contributed by atoms with van der Waals surface area (Å²) in [5.74, 6) is -0.565. The van der Waals surface area contributed by atoms with Crippen LogP contribution >= 0.6 is 0 Å². The molecular weight excluding hydrogens is 420 g/mol. The Morgan fingerprint density at radius 3 is 2.18 bits per heavy atom. The van der Waals surface area contributed by atoms with E-state index in [1.54, 1.807) is 0 Å². The minimum Gasteiger partial charge on any atom is -0.325 e. The number of hydrogen-bond acceptors (Lipinski definition) is 6. The molecule has 2 atom stereocenters. The Balaban J connectivity index is 1.66. The average Bonchev–Trinajstić information content (AvgIpc) is 3.01. The van der Waals surface area contributed by atoms with Gasteiger partial charge in [-0.15, -0.1) is 0 Å². The predicted octanol–water partition coefficient (Wildman–Crippen LogP) is 5.01. The third-order valence-electron chi connectivity index (χ3n) is 7.81. The number of rotatable bonds is 5. The van der Waals surface area contributed by atoms with E-state index in [0.29, 0.717) is 29.9 Å². The fourth-order valence-corrected chi connectivity index (χ4v) is 5.54. The minimum atomic E-state index is -1.21. The van der Waals surface area contributed by atoms with Crippen molar-refractivity contribution in [1.82, 2.24) is 0 Å². The highest BCUT2D eigenvalue weighted by Crippen LogP contribution is 2.69. The van der Waals surface area contributed by atoms with Gasteiger partial charge in [0.05, 0.1) is 10.6 Å². The number of nitrogens with zero attached hydrogens (tertiary/aromatic N) is 2. The van der Waals surface area contributed by atoms with Crippen molar-refractivity contribution in [2.75, 3.05) is 10.7 Å². The van der Waals surface area contributed by atoms with Crippen molar-refractivity contribution >= 4 is 34.5 Å². The summed E-state index contributed by atoms with van der Waals surface area (Å²) in [7, 11) is 0. The maximum Gasteiger partial charge on any atom is 0.269 e. The van der Waals surface area contributed by atoms with Gasteiger partial charge >= 0.3 is 0 Å². The number of hydrazone groups is 1. The zero-order valence-electron chi connectivity index (χ0n) is 19.5. The maximum absolute atomic E-state index is 13.7. The summed E-state index contributed by atoms with van der Waals surface area (Å²) >= 11 is 0. The fraction of sp³-hybridized carbons (Fsp3) is 0.400. The molecule has 4 rings (SSSR count). The number of nitro benzene ring substituents is 1. The van der Waals surface area contributed by atoms with Crippen LogP contribution in [0.4, 0.5) is 17.1 Å². The normalized spacial score (nSPS) is 26.5. The van der Waals surface area contributed by atoms with Crippen molar-refractivity contribution < 1.29 is 14.5 Å². The molecule has 2 saturated carbocycles. The minimum absolute atomic E-state index is 0.0284. The third kappa shape index (κ3) is 3.23. The first-order valence-corrected chi connectivity index (χ1v) is 11.0. The highest BCUT2D eigenvalue weighted by atomic mass is 16.6. The lowest BCUT2D eigenvalue weighted by Gasteiger charge is -2.37. The van der Waals surface area contributed by atoms with Gasteiger partial charge in [-0.25, -0.2) is 0 Å². The number of carbonyl (C=O) groups excluding carboxylic acids is 2. The SMILES string of the molecule is Cc1cc(C)cc(NC(=O)C23CCC(C)(/C(=N/Nc4ccc([N+](=O)[O-])cc4)C2=O)C3(C)C)c1. The first-order valence-electron chi connectivity index (χ1n) is 11.0. The molecule has 0 heterocycles. The molecule has 2 unspecified atom stereocenters. The summed E-state index contributed by atoms with van der Waals surface area (Å²) in [6.07, 6.45) is 1.12. The van der Waals surface area contributed by atoms with Gasteiger partial charge in [0.15, 0.2) is 5.78 Å². The lowest BCUT2D eigenvalue weighted by atomic mass is 9.64. The second kappa shape index (κ2) is 7.50. The van der Waals surface area contributed by atoms with Crippen LogP contribution in [0.5, 0.6) is 0 Å². The standard InChI is InChI=1S/C25H28N4O4/c1-15-12-16(2)14-18(13-15)26-22(31)25-11-10-24(5,23(25,3)4)20(21(25)30)28-27-17-6-8-19(9-7-17)29(32)33/h6-9,12-14,27H,10-11H2,1-5H3,(H,26,31)/b28-20+. The van der Waals surface area contributed by atoms with Gasteiger partial charge in [-0.1, -0.05) is 26.8 Å². The molecule has 8 nitrogen and oxygen atoms in total. The van der Waals surface area contributed by atoms with Crippen molar-refractivity contribution in [3.63, 3.8) is 0 Å². The van der Waals surface area contributed by atoms with Gasteiger partial charge in [0.25, 0.3) is 5.69 Å². The van der Waals surface area contributed by atoms with E-state index in [0.717, 1.165) is 11.1 Å². The third-order valence-corrected chi connectivity index (χ3v) is 7.81. The van der Waals surface area contributed by atoms with E-state index >= 15 is 0 Å². The molecule has 33 heavy (non-hydrogen) atoms. The Bertz CT molecular complexity index is 1180. The van der Waals surface area contributed by atoms with Crippen LogP contribution in [-0.4, -0.2) is 22.3 Å². The van der Waals surface area contributed by atoms with Gasteiger partial charge < -0.3 is 5.32 Å². The number of ketones is 1. The van der Waals surface area contributed by atoms with Gasteiger partial charge in [-0.05, 0) is 67.5 Å². The van der Waals surface area contributed by atoms with Crippen molar-refractivity contribution in [2.45, 2.75) is 47.5 Å². The van der Waals surface area contributed by atoms with Crippen molar-refractivity contribution in [1.29, 1.82) is 0 Å². The summed E-state index contributed by atoms with van der Waals surface area (Å²) in [6.45, 7) is 9.85. The summed E-state index contributed by atoms with van der Waals surface area (Å²) in [5.41, 5.74) is 4.01. The number of aryl methyl sites for hydroxylation is 2. The number of non-ortho nitro benzene ring substituents is 1. The molecule has 0 saturated heterocycles. The number of Topliss-reactive ketones (excluding diaryl/α,β-unsaturated/α-hetero) is 1. The molecule has 0 radical (unpaired) electrons. The van der Waals surface area contributed by atoms with Gasteiger partial charge in [-0.3, -0.25) is 25.1 Å². The largest absolute Gasteiger partial charge is 0.325 e. The second-order valence-electron chi connectivity index (χ2n) is 9.90. The summed E-state index contributed by atoms with van der Waals surface area (Å²) in [4.78, 5) is 37.7. The highest BCUT2D eigenvalue weighted by molar-refractivity contribution is 6.51. The Morgan fingerprint density at radius 2 is 1.61 bits per heavy atom. The Kier molecular flexibility index (Phi) is 5.15. The van der Waals surface area contributed by atoms with E-state index in [1.807, 2.05) is 52.8 Å². The van der Waals surface area contributed by atoms with Crippen molar-refractivity contribution in [2.24, 2.45) is 21.3 Å². The Hall–Kier alpha value is -3.55. The summed E-state index contributed by atoms with van der Waals surface area (Å²) < 4.78 is 0. The quantitative estimate of drug-likeness (QED) is 0.379. The number of hydrogen-bond donors (Lipinski definition) is 2. The fourth-order valence-electron chi connectivity index (χ4n) is 5.54. The number of fused-ring (bicyclic) bond motifs is 2. The number of benzene rings is 2. The van der Waals surface area contributed by atoms with E-state index in [1.165, 1.54) is 24.3 Å². The smallest absolute Gasteiger partial charge is 0.269 e. The molecule has 8 heteroatoms. The van der Waals surface area contributed by atoms with Gasteiger partial charge in [0.2, 0.25) is 5.91 Å². The zero-order valence-corrected chi connectivity index (χ0v) is 19.5. The second-order valence-corrected chi connectivity index (χ2v) is 9.90. The van der Waals surface area contributed by atoms with Crippen molar-refractivity contribution in [3.8, 4) is 0 Å². The molecule has 0 aliphatic heterocycles. The van der Waals surface area contributed by atoms with Crippen LogP contribution in [0.25, 0.3) is 0 Å². The van der Waals surface area contributed by atoms with E-state index < -0.39 is 21.2 Å². The first-order chi connectivity index (χ1) is 15.4. The molecule has 2 bridgehead atoms. The van der Waals surface area contributed by atoms with Gasteiger partial charge in [0, 0.05) is 23.2 Å². The molecule has 2 aromatic carbocycles. The Morgan fingerprint density at radius 1 is 1.00 bits per heavy atom. The average molecular weight is 449 g/mol.